The second kappa shape index (κ2) is 11.7. The Labute approximate surface area is 196 Å². The molecule has 0 bridgehead atoms. The first-order chi connectivity index (χ1) is 14.1. The minimum absolute atomic E-state index is 0. The number of methoxy groups -OCH3 is 1. The number of rotatable bonds is 6. The highest BCUT2D eigenvalue weighted by Crippen LogP contribution is 2.30. The third-order valence-electron chi connectivity index (χ3n) is 5.89. The van der Waals surface area contributed by atoms with Crippen LogP contribution in [0.1, 0.15) is 23.7 Å². The van der Waals surface area contributed by atoms with Crippen molar-refractivity contribution in [2.75, 3.05) is 26.8 Å². The number of nitrogens with zero attached hydrogens (tertiary/aromatic N) is 1. The molecule has 4 rings (SSSR count). The molecule has 0 saturated carbocycles. The molecule has 0 radical (unpaired) electrons. The zero-order valence-electron chi connectivity index (χ0n) is 17.6. The Morgan fingerprint density at radius 3 is 2.55 bits per heavy atom. The second-order valence-electron chi connectivity index (χ2n) is 7.94. The first-order valence-corrected chi connectivity index (χ1v) is 10.2. The van der Waals surface area contributed by atoms with Gasteiger partial charge in [-0.3, -0.25) is 9.69 Å². The van der Waals surface area contributed by atoms with Gasteiger partial charge in [0, 0.05) is 25.2 Å². The van der Waals surface area contributed by atoms with E-state index in [1.807, 2.05) is 42.5 Å². The highest BCUT2D eigenvalue weighted by Gasteiger charge is 2.38. The number of morpholine rings is 1. The first kappa shape index (κ1) is 25.4. The molecule has 2 fully saturated rings. The Kier molecular flexibility index (Phi) is 9.59. The van der Waals surface area contributed by atoms with E-state index in [9.17, 15) is 4.79 Å². The largest absolute Gasteiger partial charge is 0.497 e. The van der Waals surface area contributed by atoms with Crippen LogP contribution in [0, 0.1) is 0 Å². The second-order valence-corrected chi connectivity index (χ2v) is 7.94. The van der Waals surface area contributed by atoms with Gasteiger partial charge in [0.15, 0.2) is 0 Å². The number of ether oxygens (including phenoxy) is 2. The standard InChI is InChI=1S/C23H29N3O3.2ClH/c1-28-20-9-7-16(8-10-20)11-21(24)23(27)25-18-12-19-15-29-22(14-26(19)13-18)17-5-3-2-4-6-17;;/h2-10,18-19,21-22H,11-15,24H2,1H3,(H,25,27);2*1H/t18-,19-,21-,22+;;/m0../s1. The Morgan fingerprint density at radius 2 is 1.87 bits per heavy atom. The zero-order chi connectivity index (χ0) is 20.2. The number of carbonyl (C=O) groups is 1. The van der Waals surface area contributed by atoms with Crippen molar-refractivity contribution in [3.63, 3.8) is 0 Å². The van der Waals surface area contributed by atoms with Gasteiger partial charge in [-0.1, -0.05) is 42.5 Å². The van der Waals surface area contributed by atoms with Gasteiger partial charge in [0.1, 0.15) is 5.75 Å². The van der Waals surface area contributed by atoms with Gasteiger partial charge >= 0.3 is 0 Å². The number of nitrogens with one attached hydrogen (secondary N) is 1. The van der Waals surface area contributed by atoms with Crippen LogP contribution in [0.3, 0.4) is 0 Å². The summed E-state index contributed by atoms with van der Waals surface area (Å²) in [5.74, 6) is 0.705. The average molecular weight is 468 g/mol. The summed E-state index contributed by atoms with van der Waals surface area (Å²) in [7, 11) is 1.64. The lowest BCUT2D eigenvalue weighted by Gasteiger charge is -2.35. The van der Waals surface area contributed by atoms with Crippen LogP contribution in [0.4, 0.5) is 0 Å². The molecule has 0 aliphatic carbocycles. The van der Waals surface area contributed by atoms with Crippen LogP contribution in [-0.2, 0) is 16.0 Å². The van der Waals surface area contributed by atoms with Crippen LogP contribution >= 0.6 is 24.8 Å². The van der Waals surface area contributed by atoms with Gasteiger partial charge in [0.05, 0.1) is 25.9 Å². The van der Waals surface area contributed by atoms with Crippen molar-refractivity contribution >= 4 is 30.7 Å². The van der Waals surface area contributed by atoms with Crippen LogP contribution in [0.5, 0.6) is 5.75 Å². The molecule has 2 saturated heterocycles. The first-order valence-electron chi connectivity index (χ1n) is 10.2. The number of amides is 1. The Balaban J connectivity index is 0.00000171. The van der Waals surface area contributed by atoms with Gasteiger partial charge in [-0.25, -0.2) is 0 Å². The lowest BCUT2D eigenvalue weighted by atomic mass is 10.0. The Morgan fingerprint density at radius 1 is 1.16 bits per heavy atom. The van der Waals surface area contributed by atoms with E-state index in [0.29, 0.717) is 19.1 Å². The van der Waals surface area contributed by atoms with E-state index < -0.39 is 6.04 Å². The van der Waals surface area contributed by atoms with E-state index >= 15 is 0 Å². The molecule has 2 aromatic rings. The maximum absolute atomic E-state index is 12.6. The number of carbonyl (C=O) groups excluding carboxylic acids is 1. The molecular weight excluding hydrogens is 437 g/mol. The minimum atomic E-state index is -0.561. The number of halogens is 2. The minimum Gasteiger partial charge on any atom is -0.497 e. The third-order valence-corrected chi connectivity index (χ3v) is 5.89. The molecule has 8 heteroatoms. The van der Waals surface area contributed by atoms with Gasteiger partial charge in [0.25, 0.3) is 0 Å². The maximum atomic E-state index is 12.6. The van der Waals surface area contributed by atoms with Crippen molar-refractivity contribution in [2.24, 2.45) is 5.73 Å². The quantitative estimate of drug-likeness (QED) is 0.682. The summed E-state index contributed by atoms with van der Waals surface area (Å²) in [6.45, 7) is 2.40. The molecule has 0 aromatic heterocycles. The van der Waals surface area contributed by atoms with Crippen LogP contribution in [-0.4, -0.2) is 55.7 Å². The molecule has 1 amide bonds. The summed E-state index contributed by atoms with van der Waals surface area (Å²) < 4.78 is 11.3. The fourth-order valence-corrected chi connectivity index (χ4v) is 4.26. The van der Waals surface area contributed by atoms with E-state index in [0.717, 1.165) is 30.8 Å². The molecule has 4 atom stereocenters. The molecule has 6 nitrogen and oxygen atoms in total. The van der Waals surface area contributed by atoms with Crippen molar-refractivity contribution in [1.29, 1.82) is 0 Å². The molecule has 2 aliphatic heterocycles. The van der Waals surface area contributed by atoms with Crippen molar-refractivity contribution in [1.82, 2.24) is 10.2 Å². The fourth-order valence-electron chi connectivity index (χ4n) is 4.26. The predicted octanol–water partition coefficient (Wildman–Crippen LogP) is 2.74. The van der Waals surface area contributed by atoms with Crippen LogP contribution < -0.4 is 15.8 Å². The van der Waals surface area contributed by atoms with E-state index in [-0.39, 0.29) is 42.9 Å². The SMILES string of the molecule is COc1ccc(C[C@H](N)C(=O)N[C@H]2C[C@H]3CO[C@@H](c4ccccc4)CN3C2)cc1.Cl.Cl. The van der Waals surface area contributed by atoms with Crippen molar-refractivity contribution in [2.45, 2.75) is 37.1 Å². The number of fused-ring (bicyclic) bond motifs is 1. The van der Waals surface area contributed by atoms with Gasteiger partial charge in [-0.15, -0.1) is 24.8 Å². The summed E-state index contributed by atoms with van der Waals surface area (Å²) >= 11 is 0. The maximum Gasteiger partial charge on any atom is 0.237 e. The molecule has 31 heavy (non-hydrogen) atoms. The molecule has 0 spiro atoms. The van der Waals surface area contributed by atoms with Crippen molar-refractivity contribution < 1.29 is 14.3 Å². The van der Waals surface area contributed by atoms with Crippen molar-refractivity contribution in [3.8, 4) is 5.75 Å². The monoisotopic (exact) mass is 467 g/mol. The number of hydrogen-bond donors (Lipinski definition) is 2. The third kappa shape index (κ3) is 6.34. The molecule has 170 valence electrons. The normalized spacial score (nSPS) is 23.6. The van der Waals surface area contributed by atoms with Crippen LogP contribution in [0.15, 0.2) is 54.6 Å². The summed E-state index contributed by atoms with van der Waals surface area (Å²) in [4.78, 5) is 15.0. The molecule has 2 aliphatic rings. The highest BCUT2D eigenvalue weighted by atomic mass is 35.5. The topological polar surface area (TPSA) is 76.8 Å². The van der Waals surface area contributed by atoms with E-state index in [1.165, 1.54) is 5.56 Å². The van der Waals surface area contributed by atoms with Gasteiger partial charge < -0.3 is 20.5 Å². The van der Waals surface area contributed by atoms with Gasteiger partial charge in [-0.05, 0) is 36.1 Å². The zero-order valence-corrected chi connectivity index (χ0v) is 19.2. The fraction of sp³-hybridized carbons (Fsp3) is 0.435. The molecular formula is C23H31Cl2N3O3. The summed E-state index contributed by atoms with van der Waals surface area (Å²) in [5, 5.41) is 3.15. The number of hydrogen-bond acceptors (Lipinski definition) is 5. The summed E-state index contributed by atoms with van der Waals surface area (Å²) in [6, 6.07) is 17.9. The Bertz CT molecular complexity index is 823. The lowest BCUT2D eigenvalue weighted by molar-refractivity contribution is -0.123. The number of nitrogens with two attached hydrogens (primary N) is 1. The highest BCUT2D eigenvalue weighted by molar-refractivity contribution is 5.85. The van der Waals surface area contributed by atoms with Crippen LogP contribution in [0.25, 0.3) is 0 Å². The smallest absolute Gasteiger partial charge is 0.237 e. The summed E-state index contributed by atoms with van der Waals surface area (Å²) in [5.41, 5.74) is 8.39. The predicted molar refractivity (Wildman–Crippen MR) is 126 cm³/mol. The van der Waals surface area contributed by atoms with E-state index in [4.69, 9.17) is 15.2 Å². The molecule has 3 N–H and O–H groups in total. The van der Waals surface area contributed by atoms with Crippen LogP contribution in [0.2, 0.25) is 0 Å². The van der Waals surface area contributed by atoms with E-state index in [1.54, 1.807) is 7.11 Å². The lowest BCUT2D eigenvalue weighted by Crippen LogP contribution is -2.47. The van der Waals surface area contributed by atoms with E-state index in [2.05, 4.69) is 22.3 Å². The molecule has 0 unspecified atom stereocenters. The van der Waals surface area contributed by atoms with Gasteiger partial charge in [0.2, 0.25) is 5.91 Å². The Hall–Kier alpha value is -1.83. The van der Waals surface area contributed by atoms with Crippen molar-refractivity contribution in [3.05, 3.63) is 65.7 Å². The van der Waals surface area contributed by atoms with Gasteiger partial charge in [-0.2, -0.15) is 0 Å². The average Bonchev–Trinajstić information content (AvgIpc) is 3.16. The molecule has 2 aromatic carbocycles. The number of benzene rings is 2. The summed E-state index contributed by atoms with van der Waals surface area (Å²) in [6.07, 6.45) is 1.51. The molecule has 2 heterocycles.